The Morgan fingerprint density at radius 2 is 2.10 bits per heavy atom. The number of rotatable bonds is 6. The van der Waals surface area contributed by atoms with Gasteiger partial charge in [-0.25, -0.2) is 0 Å². The van der Waals surface area contributed by atoms with Gasteiger partial charge < -0.3 is 9.63 Å². The van der Waals surface area contributed by atoms with Crippen molar-refractivity contribution in [3.63, 3.8) is 0 Å². The van der Waals surface area contributed by atoms with Crippen LogP contribution in [-0.4, -0.2) is 21.4 Å². The lowest BCUT2D eigenvalue weighted by molar-refractivity contribution is 0.151. The number of halogens is 2. The maximum Gasteiger partial charge on any atom is 0.229 e. The van der Waals surface area contributed by atoms with E-state index in [0.29, 0.717) is 34.6 Å². The molecule has 2 aromatic rings. The van der Waals surface area contributed by atoms with E-state index in [1.54, 1.807) is 12.1 Å². The minimum absolute atomic E-state index is 0.391. The average Bonchev–Trinajstić information content (AvgIpc) is 2.81. The molecule has 1 aromatic heterocycles. The molecule has 1 aromatic carbocycles. The van der Waals surface area contributed by atoms with Gasteiger partial charge in [-0.2, -0.15) is 4.98 Å². The Hall–Kier alpha value is -1.10. The molecule has 0 amide bonds. The lowest BCUT2D eigenvalue weighted by Gasteiger charge is -2.04. The molecule has 0 radical (unpaired) electrons. The molecule has 1 heterocycles. The van der Waals surface area contributed by atoms with E-state index in [1.807, 2.05) is 13.0 Å². The maximum absolute atomic E-state index is 9.71. The molecule has 1 N–H and O–H groups in total. The number of aliphatic hydroxyl groups is 1. The molecule has 0 bridgehead atoms. The predicted octanol–water partition coefficient (Wildman–Crippen LogP) is 3.67. The lowest BCUT2D eigenvalue weighted by atomic mass is 10.1. The van der Waals surface area contributed by atoms with E-state index in [-0.39, 0.29) is 0 Å². The van der Waals surface area contributed by atoms with Crippen molar-refractivity contribution >= 4 is 23.2 Å². The molecule has 0 fully saturated rings. The Morgan fingerprint density at radius 1 is 1.30 bits per heavy atom. The SMILES string of the molecule is CCCC(O)Cc1nc(Cc2ccc(Cl)c(Cl)c2)no1. The van der Waals surface area contributed by atoms with Crippen LogP contribution in [-0.2, 0) is 12.8 Å². The van der Waals surface area contributed by atoms with Crippen molar-refractivity contribution in [2.45, 2.75) is 38.7 Å². The molecule has 0 aliphatic carbocycles. The summed E-state index contributed by atoms with van der Waals surface area (Å²) in [5.74, 6) is 1.03. The maximum atomic E-state index is 9.71. The molecule has 0 saturated heterocycles. The van der Waals surface area contributed by atoms with Gasteiger partial charge in [-0.3, -0.25) is 0 Å². The highest BCUT2D eigenvalue weighted by molar-refractivity contribution is 6.42. The highest BCUT2D eigenvalue weighted by Gasteiger charge is 2.12. The van der Waals surface area contributed by atoms with Gasteiger partial charge >= 0.3 is 0 Å². The Balaban J connectivity index is 2.00. The summed E-state index contributed by atoms with van der Waals surface area (Å²) in [5, 5.41) is 14.6. The van der Waals surface area contributed by atoms with Crippen molar-refractivity contribution in [1.29, 1.82) is 0 Å². The number of hydrogen-bond donors (Lipinski definition) is 1. The van der Waals surface area contributed by atoms with E-state index in [4.69, 9.17) is 27.7 Å². The molecule has 4 nitrogen and oxygen atoms in total. The van der Waals surface area contributed by atoms with Crippen molar-refractivity contribution in [3.8, 4) is 0 Å². The summed E-state index contributed by atoms with van der Waals surface area (Å²) in [5.41, 5.74) is 0.959. The number of benzene rings is 1. The molecule has 0 aliphatic heterocycles. The molecule has 1 unspecified atom stereocenters. The Morgan fingerprint density at radius 3 is 2.80 bits per heavy atom. The number of aromatic nitrogens is 2. The van der Waals surface area contributed by atoms with Gasteiger partial charge in [0.05, 0.1) is 22.6 Å². The summed E-state index contributed by atoms with van der Waals surface area (Å²) in [6.07, 6.45) is 2.13. The van der Waals surface area contributed by atoms with Gasteiger partial charge in [0.2, 0.25) is 5.89 Å². The van der Waals surface area contributed by atoms with Crippen molar-refractivity contribution in [3.05, 3.63) is 45.5 Å². The molecular weight excluding hydrogens is 299 g/mol. The van der Waals surface area contributed by atoms with E-state index in [0.717, 1.165) is 18.4 Å². The van der Waals surface area contributed by atoms with Gasteiger partial charge in [-0.1, -0.05) is 47.8 Å². The quantitative estimate of drug-likeness (QED) is 0.883. The van der Waals surface area contributed by atoms with Gasteiger partial charge in [0.15, 0.2) is 5.82 Å². The summed E-state index contributed by atoms with van der Waals surface area (Å²) < 4.78 is 5.13. The van der Waals surface area contributed by atoms with Gasteiger partial charge in [-0.05, 0) is 24.1 Å². The monoisotopic (exact) mass is 314 g/mol. The molecule has 1 atom stereocenters. The first kappa shape index (κ1) is 15.3. The number of nitrogens with zero attached hydrogens (tertiary/aromatic N) is 2. The third-order valence-corrected chi connectivity index (χ3v) is 3.63. The minimum Gasteiger partial charge on any atom is -0.393 e. The summed E-state index contributed by atoms with van der Waals surface area (Å²) in [7, 11) is 0. The lowest BCUT2D eigenvalue weighted by Crippen LogP contribution is -2.09. The Bertz CT molecular complexity index is 572. The Labute approximate surface area is 127 Å². The Kier molecular flexibility index (Phi) is 5.40. The molecule has 108 valence electrons. The van der Waals surface area contributed by atoms with E-state index < -0.39 is 6.10 Å². The van der Waals surface area contributed by atoms with Crippen molar-refractivity contribution in [1.82, 2.24) is 10.1 Å². The second-order valence-corrected chi connectivity index (χ2v) is 5.49. The minimum atomic E-state index is -0.432. The first-order valence-corrected chi connectivity index (χ1v) is 7.27. The van der Waals surface area contributed by atoms with Crippen LogP contribution >= 0.6 is 23.2 Å². The second kappa shape index (κ2) is 7.07. The smallest absolute Gasteiger partial charge is 0.229 e. The summed E-state index contributed by atoms with van der Waals surface area (Å²) >= 11 is 11.8. The summed E-state index contributed by atoms with van der Waals surface area (Å²) in [6.45, 7) is 2.02. The van der Waals surface area contributed by atoms with Crippen LogP contribution < -0.4 is 0 Å². The first-order valence-electron chi connectivity index (χ1n) is 6.52. The number of aliphatic hydroxyl groups excluding tert-OH is 1. The van der Waals surface area contributed by atoms with Crippen LogP contribution in [0.5, 0.6) is 0 Å². The highest BCUT2D eigenvalue weighted by atomic mass is 35.5. The van der Waals surface area contributed by atoms with Crippen molar-refractivity contribution in [2.75, 3.05) is 0 Å². The fourth-order valence-corrected chi connectivity index (χ4v) is 2.23. The molecule has 0 saturated carbocycles. The molecule has 6 heteroatoms. The zero-order valence-electron chi connectivity index (χ0n) is 11.1. The van der Waals surface area contributed by atoms with Crippen LogP contribution in [0.15, 0.2) is 22.7 Å². The van der Waals surface area contributed by atoms with Crippen LogP contribution in [0.4, 0.5) is 0 Å². The third kappa shape index (κ3) is 4.20. The molecular formula is C14H16Cl2N2O2. The largest absolute Gasteiger partial charge is 0.393 e. The molecule has 20 heavy (non-hydrogen) atoms. The standard InChI is InChI=1S/C14H16Cl2N2O2/c1-2-3-10(19)8-14-17-13(18-20-14)7-9-4-5-11(15)12(16)6-9/h4-6,10,19H,2-3,7-8H2,1H3. The number of hydrogen-bond acceptors (Lipinski definition) is 4. The van der Waals surface area contributed by atoms with Crippen LogP contribution in [0.2, 0.25) is 10.0 Å². The van der Waals surface area contributed by atoms with E-state index in [9.17, 15) is 5.11 Å². The molecule has 0 spiro atoms. The van der Waals surface area contributed by atoms with E-state index in [1.165, 1.54) is 0 Å². The zero-order valence-corrected chi connectivity index (χ0v) is 12.7. The fourth-order valence-electron chi connectivity index (χ4n) is 1.91. The van der Waals surface area contributed by atoms with Crippen LogP contribution in [0.25, 0.3) is 0 Å². The normalized spacial score (nSPS) is 12.6. The van der Waals surface area contributed by atoms with Gasteiger partial charge in [0.25, 0.3) is 0 Å². The van der Waals surface area contributed by atoms with Gasteiger partial charge in [0, 0.05) is 6.42 Å². The van der Waals surface area contributed by atoms with E-state index >= 15 is 0 Å². The van der Waals surface area contributed by atoms with Crippen LogP contribution in [0, 0.1) is 0 Å². The molecule has 2 rings (SSSR count). The summed E-state index contributed by atoms with van der Waals surface area (Å²) in [4.78, 5) is 4.27. The predicted molar refractivity (Wildman–Crippen MR) is 78.2 cm³/mol. The molecule has 0 aliphatic rings. The van der Waals surface area contributed by atoms with Gasteiger partial charge in [0.1, 0.15) is 0 Å². The zero-order chi connectivity index (χ0) is 14.5. The van der Waals surface area contributed by atoms with Crippen LogP contribution in [0.3, 0.4) is 0 Å². The van der Waals surface area contributed by atoms with E-state index in [2.05, 4.69) is 10.1 Å². The van der Waals surface area contributed by atoms with Crippen molar-refractivity contribution < 1.29 is 9.63 Å². The van der Waals surface area contributed by atoms with Crippen molar-refractivity contribution in [2.24, 2.45) is 0 Å². The third-order valence-electron chi connectivity index (χ3n) is 2.89. The first-order chi connectivity index (χ1) is 9.58. The summed E-state index contributed by atoms with van der Waals surface area (Å²) in [6, 6.07) is 5.40. The van der Waals surface area contributed by atoms with Gasteiger partial charge in [-0.15, -0.1) is 0 Å². The van der Waals surface area contributed by atoms with Crippen LogP contribution in [0.1, 0.15) is 37.0 Å². The fraction of sp³-hybridized carbons (Fsp3) is 0.429. The average molecular weight is 315 g/mol. The second-order valence-electron chi connectivity index (χ2n) is 4.68. The highest BCUT2D eigenvalue weighted by Crippen LogP contribution is 2.23. The topological polar surface area (TPSA) is 59.2 Å².